The van der Waals surface area contributed by atoms with Gasteiger partial charge in [-0.1, -0.05) is 54.6 Å². The number of halogens is 2. The molecule has 6 heteroatoms. The van der Waals surface area contributed by atoms with Crippen molar-refractivity contribution in [1.82, 2.24) is 9.80 Å². The molecule has 0 aliphatic carbocycles. The predicted octanol–water partition coefficient (Wildman–Crippen LogP) is 3.77. The number of benzene rings is 3. The lowest BCUT2D eigenvalue weighted by Gasteiger charge is -2.42. The molecule has 32 heavy (non-hydrogen) atoms. The summed E-state index contributed by atoms with van der Waals surface area (Å²) in [5.74, 6) is -0.904. The molecule has 0 bridgehead atoms. The highest BCUT2D eigenvalue weighted by Gasteiger charge is 2.31. The fourth-order valence-electron chi connectivity index (χ4n) is 4.46. The van der Waals surface area contributed by atoms with Crippen molar-refractivity contribution < 1.29 is 13.6 Å². The summed E-state index contributed by atoms with van der Waals surface area (Å²) in [7, 11) is 0. The Morgan fingerprint density at radius 3 is 1.69 bits per heavy atom. The summed E-state index contributed by atoms with van der Waals surface area (Å²) < 4.78 is 27.1. The number of hydrogen-bond acceptors (Lipinski definition) is 3. The first kappa shape index (κ1) is 22.1. The van der Waals surface area contributed by atoms with Crippen LogP contribution in [0.2, 0.25) is 0 Å². The molecular weight excluding hydrogens is 408 g/mol. The molecule has 4 rings (SSSR count). The zero-order valence-electron chi connectivity index (χ0n) is 17.8. The number of hydrogen-bond donors (Lipinski definition) is 1. The topological polar surface area (TPSA) is 49.6 Å². The first-order valence-electron chi connectivity index (χ1n) is 10.8. The molecule has 0 aromatic heterocycles. The van der Waals surface area contributed by atoms with E-state index in [0.717, 1.165) is 16.7 Å². The smallest absolute Gasteiger partial charge is 0.235 e. The fraction of sp³-hybridized carbons (Fsp3) is 0.269. The van der Waals surface area contributed by atoms with Crippen LogP contribution in [0, 0.1) is 11.6 Å². The lowest BCUT2D eigenvalue weighted by molar-refractivity contribution is -0.124. The molecule has 0 spiro atoms. The number of piperazine rings is 1. The minimum Gasteiger partial charge on any atom is -0.368 e. The van der Waals surface area contributed by atoms with E-state index in [-0.39, 0.29) is 29.6 Å². The lowest BCUT2D eigenvalue weighted by atomic mass is 9.96. The average molecular weight is 436 g/mol. The second-order valence-corrected chi connectivity index (χ2v) is 8.19. The Bertz CT molecular complexity index is 972. The third-order valence-corrected chi connectivity index (χ3v) is 6.13. The first-order chi connectivity index (χ1) is 15.5. The molecule has 1 saturated heterocycles. The van der Waals surface area contributed by atoms with Crippen LogP contribution in [0.15, 0.2) is 78.9 Å². The van der Waals surface area contributed by atoms with Crippen LogP contribution in [0.4, 0.5) is 8.78 Å². The zero-order chi connectivity index (χ0) is 22.5. The molecule has 1 atom stereocenters. The molecule has 166 valence electrons. The fourth-order valence-corrected chi connectivity index (χ4v) is 4.46. The summed E-state index contributed by atoms with van der Waals surface area (Å²) in [6.07, 6.45) is 0.579. The highest BCUT2D eigenvalue weighted by Crippen LogP contribution is 2.30. The van der Waals surface area contributed by atoms with Crippen molar-refractivity contribution in [2.24, 2.45) is 5.73 Å². The van der Waals surface area contributed by atoms with Crippen LogP contribution >= 0.6 is 0 Å². The van der Waals surface area contributed by atoms with Gasteiger partial charge in [0.1, 0.15) is 11.6 Å². The van der Waals surface area contributed by atoms with Gasteiger partial charge in [0, 0.05) is 26.2 Å². The van der Waals surface area contributed by atoms with Gasteiger partial charge < -0.3 is 5.73 Å². The number of nitrogens with zero attached hydrogens (tertiary/aromatic N) is 2. The second-order valence-electron chi connectivity index (χ2n) is 8.19. The summed E-state index contributed by atoms with van der Waals surface area (Å²) in [4.78, 5) is 16.6. The molecule has 1 amide bonds. The van der Waals surface area contributed by atoms with E-state index in [1.165, 1.54) is 24.3 Å². The largest absolute Gasteiger partial charge is 0.368 e. The van der Waals surface area contributed by atoms with E-state index >= 15 is 0 Å². The highest BCUT2D eigenvalue weighted by molar-refractivity contribution is 5.80. The first-order valence-corrected chi connectivity index (χ1v) is 10.8. The van der Waals surface area contributed by atoms with Crippen molar-refractivity contribution in [2.45, 2.75) is 18.5 Å². The van der Waals surface area contributed by atoms with E-state index in [1.807, 2.05) is 30.3 Å². The van der Waals surface area contributed by atoms with Crippen LogP contribution in [0.3, 0.4) is 0 Å². The lowest BCUT2D eigenvalue weighted by Crippen LogP contribution is -2.55. The normalized spacial score (nSPS) is 16.2. The van der Waals surface area contributed by atoms with Crippen molar-refractivity contribution in [3.8, 4) is 0 Å². The van der Waals surface area contributed by atoms with Crippen LogP contribution in [-0.2, 0) is 11.2 Å². The maximum Gasteiger partial charge on any atom is 0.235 e. The summed E-state index contributed by atoms with van der Waals surface area (Å²) in [5, 5.41) is 0. The molecule has 3 aromatic rings. The molecule has 1 unspecified atom stereocenters. The Balaban J connectivity index is 1.52. The van der Waals surface area contributed by atoms with Gasteiger partial charge in [0.05, 0.1) is 12.1 Å². The van der Waals surface area contributed by atoms with Gasteiger partial charge in [0.25, 0.3) is 0 Å². The van der Waals surface area contributed by atoms with Crippen molar-refractivity contribution >= 4 is 5.91 Å². The van der Waals surface area contributed by atoms with Crippen LogP contribution in [-0.4, -0.2) is 47.9 Å². The Kier molecular flexibility index (Phi) is 6.93. The molecule has 0 saturated carbocycles. The number of amides is 1. The van der Waals surface area contributed by atoms with Gasteiger partial charge in [-0.25, -0.2) is 8.78 Å². The minimum absolute atomic E-state index is 0.125. The monoisotopic (exact) mass is 435 g/mol. The SMILES string of the molecule is NC(=O)C(Cc1ccccc1)N1CCN(C(c2ccc(F)cc2)c2ccc(F)cc2)CC1. The highest BCUT2D eigenvalue weighted by atomic mass is 19.1. The Morgan fingerprint density at radius 1 is 0.750 bits per heavy atom. The Morgan fingerprint density at radius 2 is 1.22 bits per heavy atom. The van der Waals surface area contributed by atoms with Crippen LogP contribution in [0.5, 0.6) is 0 Å². The van der Waals surface area contributed by atoms with Gasteiger partial charge >= 0.3 is 0 Å². The zero-order valence-corrected chi connectivity index (χ0v) is 17.8. The molecular formula is C26H27F2N3O. The Hall–Kier alpha value is -3.09. The molecule has 1 fully saturated rings. The third-order valence-electron chi connectivity index (χ3n) is 6.13. The standard InChI is InChI=1S/C26H27F2N3O/c27-22-10-6-20(7-11-22)25(21-8-12-23(28)13-9-21)31-16-14-30(15-17-31)24(26(29)32)18-19-4-2-1-3-5-19/h1-13,24-25H,14-18H2,(H2,29,32). The van der Waals surface area contributed by atoms with Gasteiger partial charge in [-0.3, -0.25) is 14.6 Å². The van der Waals surface area contributed by atoms with Gasteiger partial charge in [-0.05, 0) is 47.4 Å². The summed E-state index contributed by atoms with van der Waals surface area (Å²) in [6.45, 7) is 2.77. The van der Waals surface area contributed by atoms with E-state index < -0.39 is 0 Å². The number of nitrogens with two attached hydrogens (primary N) is 1. The predicted molar refractivity (Wildman–Crippen MR) is 121 cm³/mol. The maximum atomic E-state index is 13.5. The van der Waals surface area contributed by atoms with Crippen molar-refractivity contribution in [2.75, 3.05) is 26.2 Å². The molecule has 2 N–H and O–H groups in total. The average Bonchev–Trinajstić information content (AvgIpc) is 2.81. The van der Waals surface area contributed by atoms with E-state index in [9.17, 15) is 13.6 Å². The molecule has 4 nitrogen and oxygen atoms in total. The van der Waals surface area contributed by atoms with Gasteiger partial charge in [-0.15, -0.1) is 0 Å². The summed E-state index contributed by atoms with van der Waals surface area (Å²) >= 11 is 0. The van der Waals surface area contributed by atoms with Crippen molar-refractivity contribution in [1.29, 1.82) is 0 Å². The van der Waals surface area contributed by atoms with Gasteiger partial charge in [0.15, 0.2) is 0 Å². The molecule has 1 aliphatic rings. The summed E-state index contributed by atoms with van der Waals surface area (Å²) in [5.41, 5.74) is 8.73. The quantitative estimate of drug-likeness (QED) is 0.615. The van der Waals surface area contributed by atoms with E-state index in [0.29, 0.717) is 32.6 Å². The second kappa shape index (κ2) is 10.0. The van der Waals surface area contributed by atoms with Crippen molar-refractivity contribution in [3.05, 3.63) is 107 Å². The molecule has 1 heterocycles. The van der Waals surface area contributed by atoms with E-state index in [1.54, 1.807) is 24.3 Å². The van der Waals surface area contributed by atoms with Crippen LogP contribution in [0.1, 0.15) is 22.7 Å². The van der Waals surface area contributed by atoms with Gasteiger partial charge in [-0.2, -0.15) is 0 Å². The number of carbonyl (C=O) groups excluding carboxylic acids is 1. The minimum atomic E-state index is -0.366. The summed E-state index contributed by atoms with van der Waals surface area (Å²) in [6, 6.07) is 22.3. The number of rotatable bonds is 7. The maximum absolute atomic E-state index is 13.5. The molecule has 3 aromatic carbocycles. The molecule has 0 radical (unpaired) electrons. The van der Waals surface area contributed by atoms with Crippen LogP contribution < -0.4 is 5.73 Å². The van der Waals surface area contributed by atoms with E-state index in [2.05, 4.69) is 9.80 Å². The Labute approximate surface area is 187 Å². The third kappa shape index (κ3) is 5.21. The molecule has 1 aliphatic heterocycles. The number of primary amides is 1. The van der Waals surface area contributed by atoms with Crippen LogP contribution in [0.25, 0.3) is 0 Å². The van der Waals surface area contributed by atoms with E-state index in [4.69, 9.17) is 5.73 Å². The van der Waals surface area contributed by atoms with Crippen molar-refractivity contribution in [3.63, 3.8) is 0 Å². The van der Waals surface area contributed by atoms with Gasteiger partial charge in [0.2, 0.25) is 5.91 Å². The number of carbonyl (C=O) groups is 1.